The summed E-state index contributed by atoms with van der Waals surface area (Å²) < 4.78 is 5.35. The molecule has 21 heavy (non-hydrogen) atoms. The summed E-state index contributed by atoms with van der Waals surface area (Å²) in [4.78, 5) is 2.71. The Hall–Kier alpha value is -0.120. The van der Waals surface area contributed by atoms with Crippen LogP contribution in [0.15, 0.2) is 0 Å². The van der Waals surface area contributed by atoms with Crippen molar-refractivity contribution >= 4 is 0 Å². The highest BCUT2D eigenvalue weighted by molar-refractivity contribution is 4.92. The Morgan fingerprint density at radius 3 is 2.57 bits per heavy atom. The van der Waals surface area contributed by atoms with Gasteiger partial charge in [-0.25, -0.2) is 0 Å². The van der Waals surface area contributed by atoms with Crippen molar-refractivity contribution in [1.82, 2.24) is 10.2 Å². The van der Waals surface area contributed by atoms with E-state index in [0.717, 1.165) is 31.0 Å². The van der Waals surface area contributed by atoms with Gasteiger partial charge in [0, 0.05) is 32.3 Å². The summed E-state index contributed by atoms with van der Waals surface area (Å²) >= 11 is 0. The van der Waals surface area contributed by atoms with Crippen LogP contribution in [0.5, 0.6) is 0 Å². The van der Waals surface area contributed by atoms with Gasteiger partial charge in [-0.3, -0.25) is 4.90 Å². The van der Waals surface area contributed by atoms with Crippen molar-refractivity contribution in [3.8, 4) is 0 Å². The van der Waals surface area contributed by atoms with Crippen molar-refractivity contribution in [2.75, 3.05) is 33.9 Å². The number of nitrogens with zero attached hydrogens (tertiary/aromatic N) is 1. The van der Waals surface area contributed by atoms with Gasteiger partial charge in [-0.1, -0.05) is 13.8 Å². The summed E-state index contributed by atoms with van der Waals surface area (Å²) in [7, 11) is 3.96. The third-order valence-corrected chi connectivity index (χ3v) is 5.82. The van der Waals surface area contributed by atoms with E-state index >= 15 is 0 Å². The summed E-state index contributed by atoms with van der Waals surface area (Å²) in [5.41, 5.74) is 0.508. The average molecular weight is 296 g/mol. The maximum Gasteiger partial charge on any atom is 0.0589 e. The SMILES string of the molecule is CNC1CCC(C)(C)CC1CN(CCOC)C(C)C1CC1. The van der Waals surface area contributed by atoms with E-state index in [1.165, 1.54) is 38.6 Å². The molecule has 2 saturated carbocycles. The Kier molecular flexibility index (Phi) is 6.10. The smallest absolute Gasteiger partial charge is 0.0589 e. The van der Waals surface area contributed by atoms with Crippen LogP contribution in [0.3, 0.4) is 0 Å². The van der Waals surface area contributed by atoms with E-state index in [4.69, 9.17) is 4.74 Å². The molecule has 3 nitrogen and oxygen atoms in total. The molecule has 3 unspecified atom stereocenters. The van der Waals surface area contributed by atoms with Gasteiger partial charge in [-0.05, 0) is 63.3 Å². The molecular formula is C18H36N2O. The van der Waals surface area contributed by atoms with Crippen LogP contribution in [-0.4, -0.2) is 50.8 Å². The van der Waals surface area contributed by atoms with Gasteiger partial charge in [0.1, 0.15) is 0 Å². The molecule has 0 heterocycles. The Morgan fingerprint density at radius 1 is 1.29 bits per heavy atom. The predicted octanol–water partition coefficient (Wildman–Crippen LogP) is 3.15. The molecule has 0 aliphatic heterocycles. The second-order valence-corrected chi connectivity index (χ2v) is 8.13. The third-order valence-electron chi connectivity index (χ3n) is 5.82. The molecule has 0 amide bonds. The van der Waals surface area contributed by atoms with Gasteiger partial charge in [0.25, 0.3) is 0 Å². The number of nitrogens with one attached hydrogen (secondary N) is 1. The van der Waals surface area contributed by atoms with Crippen LogP contribution in [0.25, 0.3) is 0 Å². The lowest BCUT2D eigenvalue weighted by molar-refractivity contribution is 0.0626. The van der Waals surface area contributed by atoms with E-state index in [1.54, 1.807) is 0 Å². The Bertz CT molecular complexity index is 314. The molecule has 2 fully saturated rings. The third kappa shape index (κ3) is 4.94. The number of hydrogen-bond donors (Lipinski definition) is 1. The van der Waals surface area contributed by atoms with E-state index in [-0.39, 0.29) is 0 Å². The lowest BCUT2D eigenvalue weighted by Gasteiger charge is -2.44. The zero-order valence-electron chi connectivity index (χ0n) is 14.8. The van der Waals surface area contributed by atoms with Gasteiger partial charge in [0.05, 0.1) is 6.61 Å². The highest BCUT2D eigenvalue weighted by atomic mass is 16.5. The van der Waals surface area contributed by atoms with Crippen LogP contribution >= 0.6 is 0 Å². The quantitative estimate of drug-likeness (QED) is 0.745. The fourth-order valence-corrected chi connectivity index (χ4v) is 4.16. The monoisotopic (exact) mass is 296 g/mol. The van der Waals surface area contributed by atoms with Crippen LogP contribution in [0, 0.1) is 17.3 Å². The predicted molar refractivity (Wildman–Crippen MR) is 89.6 cm³/mol. The van der Waals surface area contributed by atoms with Crippen molar-refractivity contribution in [3.05, 3.63) is 0 Å². The maximum atomic E-state index is 5.35. The van der Waals surface area contributed by atoms with E-state index in [1.807, 2.05) is 7.11 Å². The molecular weight excluding hydrogens is 260 g/mol. The molecule has 3 heteroatoms. The van der Waals surface area contributed by atoms with Crippen molar-refractivity contribution in [2.45, 2.75) is 65.0 Å². The minimum atomic E-state index is 0.508. The van der Waals surface area contributed by atoms with Gasteiger partial charge in [-0.2, -0.15) is 0 Å². The fraction of sp³-hybridized carbons (Fsp3) is 1.00. The average Bonchev–Trinajstić information content (AvgIpc) is 3.26. The molecule has 0 aromatic carbocycles. The standard InChI is InChI=1S/C18H36N2O/c1-14(15-6-7-15)20(10-11-21-5)13-16-12-18(2,3)9-8-17(16)19-4/h14-17,19H,6-13H2,1-5H3. The van der Waals surface area contributed by atoms with Crippen molar-refractivity contribution in [2.24, 2.45) is 17.3 Å². The fourth-order valence-electron chi connectivity index (χ4n) is 4.16. The first-order valence-electron chi connectivity index (χ1n) is 8.87. The van der Waals surface area contributed by atoms with Crippen LogP contribution in [0.2, 0.25) is 0 Å². The highest BCUT2D eigenvalue weighted by Crippen LogP contribution is 2.40. The summed E-state index contributed by atoms with van der Waals surface area (Å²) in [6, 6.07) is 1.41. The molecule has 2 aliphatic carbocycles. The topological polar surface area (TPSA) is 24.5 Å². The molecule has 2 rings (SSSR count). The molecule has 124 valence electrons. The summed E-state index contributed by atoms with van der Waals surface area (Å²) in [5, 5.41) is 3.58. The summed E-state index contributed by atoms with van der Waals surface area (Å²) in [6.07, 6.45) is 6.88. The van der Waals surface area contributed by atoms with E-state index in [2.05, 4.69) is 38.0 Å². The molecule has 0 aromatic heterocycles. The number of rotatable bonds is 8. The summed E-state index contributed by atoms with van der Waals surface area (Å²) in [5.74, 6) is 1.71. The lowest BCUT2D eigenvalue weighted by Crippen LogP contribution is -2.49. The van der Waals surface area contributed by atoms with E-state index in [0.29, 0.717) is 11.5 Å². The molecule has 1 N–H and O–H groups in total. The first-order valence-corrected chi connectivity index (χ1v) is 8.87. The first kappa shape index (κ1) is 17.2. The summed E-state index contributed by atoms with van der Waals surface area (Å²) in [6.45, 7) is 10.5. The van der Waals surface area contributed by atoms with Crippen molar-refractivity contribution < 1.29 is 4.74 Å². The Balaban J connectivity index is 1.98. The molecule has 2 aliphatic rings. The van der Waals surface area contributed by atoms with Gasteiger partial charge in [0.15, 0.2) is 0 Å². The van der Waals surface area contributed by atoms with Crippen LogP contribution in [-0.2, 0) is 4.74 Å². The lowest BCUT2D eigenvalue weighted by atomic mass is 9.69. The second kappa shape index (κ2) is 7.43. The Labute approximate surface area is 131 Å². The molecule has 0 radical (unpaired) electrons. The second-order valence-electron chi connectivity index (χ2n) is 8.13. The zero-order valence-corrected chi connectivity index (χ0v) is 14.8. The molecule has 0 bridgehead atoms. The molecule has 0 saturated heterocycles. The number of hydrogen-bond acceptors (Lipinski definition) is 3. The first-order chi connectivity index (χ1) is 9.96. The van der Waals surface area contributed by atoms with Crippen LogP contribution < -0.4 is 5.32 Å². The normalized spacial score (nSPS) is 30.6. The number of methoxy groups -OCH3 is 1. The van der Waals surface area contributed by atoms with Crippen molar-refractivity contribution in [1.29, 1.82) is 0 Å². The van der Waals surface area contributed by atoms with Crippen LogP contribution in [0.1, 0.15) is 52.9 Å². The van der Waals surface area contributed by atoms with Gasteiger partial charge < -0.3 is 10.1 Å². The minimum absolute atomic E-state index is 0.508. The van der Waals surface area contributed by atoms with Gasteiger partial charge in [0.2, 0.25) is 0 Å². The van der Waals surface area contributed by atoms with E-state index < -0.39 is 0 Å². The maximum absolute atomic E-state index is 5.35. The molecule has 0 aromatic rings. The van der Waals surface area contributed by atoms with E-state index in [9.17, 15) is 0 Å². The highest BCUT2D eigenvalue weighted by Gasteiger charge is 2.38. The zero-order chi connectivity index (χ0) is 15.5. The van der Waals surface area contributed by atoms with Crippen molar-refractivity contribution in [3.63, 3.8) is 0 Å². The molecule has 0 spiro atoms. The largest absolute Gasteiger partial charge is 0.383 e. The Morgan fingerprint density at radius 2 is 2.00 bits per heavy atom. The van der Waals surface area contributed by atoms with Crippen LogP contribution in [0.4, 0.5) is 0 Å². The van der Waals surface area contributed by atoms with Gasteiger partial charge in [-0.15, -0.1) is 0 Å². The number of ether oxygens (including phenoxy) is 1. The van der Waals surface area contributed by atoms with Gasteiger partial charge >= 0.3 is 0 Å². The minimum Gasteiger partial charge on any atom is -0.383 e. The molecule has 3 atom stereocenters.